The van der Waals surface area contributed by atoms with E-state index in [1.165, 1.54) is 6.07 Å². The largest absolute Gasteiger partial charge is 0.485 e. The van der Waals surface area contributed by atoms with Crippen LogP contribution in [0.15, 0.2) is 29.6 Å². The number of nitro benzene ring substituents is 1. The Bertz CT molecular complexity index is 655. The van der Waals surface area contributed by atoms with Gasteiger partial charge in [0.05, 0.1) is 10.5 Å². The van der Waals surface area contributed by atoms with E-state index < -0.39 is 4.92 Å². The summed E-state index contributed by atoms with van der Waals surface area (Å²) < 4.78 is 5.51. The van der Waals surface area contributed by atoms with Crippen LogP contribution in [0.3, 0.4) is 0 Å². The molecule has 2 aromatic rings. The van der Waals surface area contributed by atoms with Crippen LogP contribution in [0.2, 0.25) is 0 Å². The normalized spacial score (nSPS) is 11.4. The molecule has 0 aliphatic heterocycles. The zero-order valence-electron chi connectivity index (χ0n) is 12.8. The average molecular weight is 321 g/mol. The van der Waals surface area contributed by atoms with Gasteiger partial charge < -0.3 is 10.1 Å². The Kier molecular flexibility index (Phi) is 5.10. The summed E-state index contributed by atoms with van der Waals surface area (Å²) in [6.07, 6.45) is 0. The molecule has 1 aromatic carbocycles. The van der Waals surface area contributed by atoms with Gasteiger partial charge in [-0.3, -0.25) is 10.1 Å². The van der Waals surface area contributed by atoms with E-state index in [1.54, 1.807) is 29.5 Å². The van der Waals surface area contributed by atoms with Gasteiger partial charge in [-0.15, -0.1) is 11.3 Å². The molecular weight excluding hydrogens is 302 g/mol. The van der Waals surface area contributed by atoms with E-state index in [2.05, 4.69) is 24.1 Å². The first-order chi connectivity index (χ1) is 10.4. The average Bonchev–Trinajstić information content (AvgIpc) is 2.91. The molecule has 118 valence electrons. The summed E-state index contributed by atoms with van der Waals surface area (Å²) in [5.41, 5.74) is 0.730. The van der Waals surface area contributed by atoms with E-state index in [0.29, 0.717) is 13.2 Å². The molecule has 0 bridgehead atoms. The summed E-state index contributed by atoms with van der Waals surface area (Å²) in [5, 5.41) is 17.3. The van der Waals surface area contributed by atoms with E-state index in [0.717, 1.165) is 10.7 Å². The van der Waals surface area contributed by atoms with Crippen LogP contribution in [0, 0.1) is 17.0 Å². The van der Waals surface area contributed by atoms with Crippen molar-refractivity contribution in [3.63, 3.8) is 0 Å². The van der Waals surface area contributed by atoms with Gasteiger partial charge >= 0.3 is 5.69 Å². The number of para-hydroxylation sites is 2. The first-order valence-electron chi connectivity index (χ1n) is 6.94. The zero-order chi connectivity index (χ0) is 16.2. The lowest BCUT2D eigenvalue weighted by molar-refractivity contribution is -0.385. The topological polar surface area (TPSA) is 77.3 Å². The van der Waals surface area contributed by atoms with Crippen LogP contribution in [0.4, 0.5) is 5.69 Å². The Morgan fingerprint density at radius 3 is 2.77 bits per heavy atom. The predicted octanol–water partition coefficient (Wildman–Crippen LogP) is 3.26. The molecule has 6 nitrogen and oxygen atoms in total. The standard InChI is InChI=1S/C15H19N3O3S/c1-11-10-22-14(17-11)15(2,3)16-8-9-21-13-7-5-4-6-12(13)18(19)20/h4-7,10,16H,8-9H2,1-3H3. The number of aromatic nitrogens is 1. The molecular formula is C15H19N3O3S. The van der Waals surface area contributed by atoms with Crippen LogP contribution in [0.1, 0.15) is 24.5 Å². The van der Waals surface area contributed by atoms with Crippen LogP contribution in [-0.2, 0) is 5.54 Å². The fourth-order valence-electron chi connectivity index (χ4n) is 1.97. The summed E-state index contributed by atoms with van der Waals surface area (Å²) in [6.45, 7) is 6.98. The molecule has 0 unspecified atom stereocenters. The van der Waals surface area contributed by atoms with E-state index >= 15 is 0 Å². The fraction of sp³-hybridized carbons (Fsp3) is 0.400. The van der Waals surface area contributed by atoms with Gasteiger partial charge in [0, 0.05) is 23.7 Å². The Balaban J connectivity index is 1.88. The van der Waals surface area contributed by atoms with E-state index in [4.69, 9.17) is 4.74 Å². The van der Waals surface area contributed by atoms with Gasteiger partial charge in [0.1, 0.15) is 11.6 Å². The maximum absolute atomic E-state index is 10.9. The molecule has 2 rings (SSSR count). The molecule has 0 saturated carbocycles. The summed E-state index contributed by atoms with van der Waals surface area (Å²) in [4.78, 5) is 14.9. The first-order valence-corrected chi connectivity index (χ1v) is 7.82. The summed E-state index contributed by atoms with van der Waals surface area (Å²) >= 11 is 1.61. The monoisotopic (exact) mass is 321 g/mol. The van der Waals surface area contributed by atoms with E-state index in [-0.39, 0.29) is 17.0 Å². The van der Waals surface area contributed by atoms with Crippen molar-refractivity contribution in [1.82, 2.24) is 10.3 Å². The quantitative estimate of drug-likeness (QED) is 0.481. The van der Waals surface area contributed by atoms with Crippen LogP contribution in [0.5, 0.6) is 5.75 Å². The molecule has 1 heterocycles. The third-order valence-electron chi connectivity index (χ3n) is 3.14. The van der Waals surface area contributed by atoms with Crippen LogP contribution in [-0.4, -0.2) is 23.1 Å². The number of nitrogens with one attached hydrogen (secondary N) is 1. The minimum Gasteiger partial charge on any atom is -0.485 e. The number of hydrogen-bond acceptors (Lipinski definition) is 6. The van der Waals surface area contributed by atoms with Crippen LogP contribution < -0.4 is 10.1 Å². The molecule has 0 amide bonds. The molecule has 0 spiro atoms. The molecule has 1 N–H and O–H groups in total. The number of nitro groups is 1. The highest BCUT2D eigenvalue weighted by Crippen LogP contribution is 2.26. The number of thiazole rings is 1. The highest BCUT2D eigenvalue weighted by molar-refractivity contribution is 7.09. The number of benzene rings is 1. The van der Waals surface area contributed by atoms with Crippen molar-refractivity contribution in [1.29, 1.82) is 0 Å². The van der Waals surface area contributed by atoms with Crippen molar-refractivity contribution in [3.8, 4) is 5.75 Å². The maximum atomic E-state index is 10.9. The Hall–Kier alpha value is -1.99. The number of ether oxygens (including phenoxy) is 1. The number of hydrogen-bond donors (Lipinski definition) is 1. The molecule has 0 aliphatic carbocycles. The second-order valence-corrected chi connectivity index (χ2v) is 6.28. The van der Waals surface area contributed by atoms with Crippen molar-refractivity contribution in [2.75, 3.05) is 13.2 Å². The number of nitrogens with zero attached hydrogens (tertiary/aromatic N) is 2. The maximum Gasteiger partial charge on any atom is 0.310 e. The smallest absolute Gasteiger partial charge is 0.310 e. The molecule has 0 fully saturated rings. The van der Waals surface area contributed by atoms with Gasteiger partial charge in [-0.05, 0) is 26.8 Å². The Labute approximate surface area is 133 Å². The van der Waals surface area contributed by atoms with Gasteiger partial charge in [0.2, 0.25) is 0 Å². The Morgan fingerprint density at radius 2 is 2.14 bits per heavy atom. The van der Waals surface area contributed by atoms with Gasteiger partial charge in [-0.2, -0.15) is 0 Å². The number of rotatable bonds is 7. The van der Waals surface area contributed by atoms with Crippen molar-refractivity contribution in [2.45, 2.75) is 26.3 Å². The molecule has 0 atom stereocenters. The number of aryl methyl sites for hydroxylation is 1. The second kappa shape index (κ2) is 6.85. The third kappa shape index (κ3) is 4.02. The highest BCUT2D eigenvalue weighted by atomic mass is 32.1. The molecule has 22 heavy (non-hydrogen) atoms. The summed E-state index contributed by atoms with van der Waals surface area (Å²) in [6, 6.07) is 6.38. The molecule has 0 saturated heterocycles. The lowest BCUT2D eigenvalue weighted by atomic mass is 10.1. The lowest BCUT2D eigenvalue weighted by Gasteiger charge is -2.23. The van der Waals surface area contributed by atoms with Gasteiger partial charge in [0.15, 0.2) is 5.75 Å². The Morgan fingerprint density at radius 1 is 1.41 bits per heavy atom. The predicted molar refractivity (Wildman–Crippen MR) is 86.5 cm³/mol. The molecule has 1 aromatic heterocycles. The van der Waals surface area contributed by atoms with Crippen LogP contribution >= 0.6 is 11.3 Å². The van der Waals surface area contributed by atoms with Crippen molar-refractivity contribution in [2.24, 2.45) is 0 Å². The molecule has 0 radical (unpaired) electrons. The van der Waals surface area contributed by atoms with Gasteiger partial charge in [0.25, 0.3) is 0 Å². The molecule has 0 aliphatic rings. The molecule has 7 heteroatoms. The zero-order valence-corrected chi connectivity index (χ0v) is 13.6. The summed E-state index contributed by atoms with van der Waals surface area (Å²) in [7, 11) is 0. The minimum atomic E-state index is -0.439. The van der Waals surface area contributed by atoms with Crippen molar-refractivity contribution >= 4 is 17.0 Å². The lowest BCUT2D eigenvalue weighted by Crippen LogP contribution is -2.39. The van der Waals surface area contributed by atoms with Crippen molar-refractivity contribution < 1.29 is 9.66 Å². The third-order valence-corrected chi connectivity index (χ3v) is 4.43. The SMILES string of the molecule is Cc1csc(C(C)(C)NCCOc2ccccc2[N+](=O)[O-])n1. The van der Waals surface area contributed by atoms with Crippen molar-refractivity contribution in [3.05, 3.63) is 50.5 Å². The summed E-state index contributed by atoms with van der Waals surface area (Å²) in [5.74, 6) is 0.289. The van der Waals surface area contributed by atoms with Gasteiger partial charge in [-0.25, -0.2) is 4.98 Å². The fourth-order valence-corrected chi connectivity index (χ4v) is 2.87. The van der Waals surface area contributed by atoms with Gasteiger partial charge in [-0.1, -0.05) is 12.1 Å². The van der Waals surface area contributed by atoms with E-state index in [9.17, 15) is 10.1 Å². The van der Waals surface area contributed by atoms with Crippen LogP contribution in [0.25, 0.3) is 0 Å². The first kappa shape index (κ1) is 16.4. The second-order valence-electron chi connectivity index (χ2n) is 5.42. The highest BCUT2D eigenvalue weighted by Gasteiger charge is 2.23. The van der Waals surface area contributed by atoms with E-state index in [1.807, 2.05) is 12.3 Å². The minimum absolute atomic E-state index is 0.0164.